The molecule has 0 saturated carbocycles. The molecule has 0 aliphatic rings. The Hall–Kier alpha value is -7.66. The number of amides is 13. The van der Waals surface area contributed by atoms with E-state index in [1.807, 2.05) is 62.3 Å². The standard InChI is InChI=1S/C71H129N13O17/c1-28-43(14)56(68(96)84(25)59(45(16)30-3)69(97)80(21)47(18)61(89)73-46(17)60(88)74-49(35-38(4)5)64(92)82(23)51(37-40(8)9)70(98)100-26)76-52(86)31-33-72-63(91)58(44(15)29-2)83(24)67(95)54(41(10)11)75-53(87)32-34-79(20)65(93)57(48(19)85)77-62(90)50(36-39(6)7)81(22)66(94)55(42(12)13)78-71(99)101-27/h38-51,54-59,85H,28-37H2,1-27H3,(H,72,91)(H,73,89)(H,74,88)(H,75,87)(H,76,86)(H,77,90)(H,78,99)/t43?,44-,45+,46+,47+,48?,49+,50+,51+,54+,55+,56+,57+,58+,59+/m1/s1. The number of likely N-dealkylation sites (N-methyl/N-ethyl adjacent to an activating group) is 6. The fraction of sp³-hybridized carbons (Fsp3) is 0.803. The normalized spacial score (nSPS) is 15.9. The third kappa shape index (κ3) is 29.0. The minimum atomic E-state index is -1.50. The van der Waals surface area contributed by atoms with Crippen molar-refractivity contribution in [3.05, 3.63) is 0 Å². The maximum atomic E-state index is 14.6. The first-order valence-electron chi connectivity index (χ1n) is 35.7. The molecule has 0 radical (unpaired) electrons. The second-order valence-corrected chi connectivity index (χ2v) is 29.2. The molecule has 0 rings (SSSR count). The van der Waals surface area contributed by atoms with Crippen LogP contribution in [0.4, 0.5) is 4.79 Å². The summed E-state index contributed by atoms with van der Waals surface area (Å²) in [7, 11) is 10.9. The molecular weight excluding hydrogens is 1310 g/mol. The molecule has 0 fully saturated rings. The Labute approximate surface area is 601 Å². The van der Waals surface area contributed by atoms with Gasteiger partial charge in [-0.2, -0.15) is 0 Å². The predicted octanol–water partition coefficient (Wildman–Crippen LogP) is 2.81. The van der Waals surface area contributed by atoms with Crippen molar-refractivity contribution in [2.75, 3.05) is 69.6 Å². The number of aliphatic hydroxyl groups is 1. The van der Waals surface area contributed by atoms with Crippen LogP contribution in [-0.4, -0.2) is 260 Å². The van der Waals surface area contributed by atoms with Gasteiger partial charge in [0, 0.05) is 68.2 Å². The minimum Gasteiger partial charge on any atom is -0.467 e. The van der Waals surface area contributed by atoms with Crippen molar-refractivity contribution in [3.8, 4) is 0 Å². The molecule has 30 nitrogen and oxygen atoms in total. The van der Waals surface area contributed by atoms with E-state index in [-0.39, 0.29) is 56.5 Å². The number of carbonyl (C=O) groups is 14. The summed E-state index contributed by atoms with van der Waals surface area (Å²) >= 11 is 0. The van der Waals surface area contributed by atoms with Crippen molar-refractivity contribution >= 4 is 82.9 Å². The molecule has 8 N–H and O–H groups in total. The molecule has 0 aromatic heterocycles. The molecule has 15 atom stereocenters. The van der Waals surface area contributed by atoms with Gasteiger partial charge in [-0.05, 0) is 87.4 Å². The van der Waals surface area contributed by atoms with E-state index in [9.17, 15) is 72.2 Å². The number of rotatable bonds is 43. The number of nitrogens with one attached hydrogen (secondary N) is 7. The van der Waals surface area contributed by atoms with Crippen LogP contribution in [0.5, 0.6) is 0 Å². The summed E-state index contributed by atoms with van der Waals surface area (Å²) in [5, 5.41) is 29.6. The fourth-order valence-electron chi connectivity index (χ4n) is 11.4. The van der Waals surface area contributed by atoms with Gasteiger partial charge in [-0.1, -0.05) is 130 Å². The van der Waals surface area contributed by atoms with Gasteiger partial charge < -0.3 is 81.2 Å². The number of aliphatic hydroxyl groups excluding tert-OH is 1. The summed E-state index contributed by atoms with van der Waals surface area (Å²) in [5.74, 6) is -10.5. The van der Waals surface area contributed by atoms with Gasteiger partial charge in [-0.25, -0.2) is 9.59 Å². The maximum absolute atomic E-state index is 14.6. The van der Waals surface area contributed by atoms with Gasteiger partial charge in [-0.3, -0.25) is 57.5 Å². The third-order valence-corrected chi connectivity index (χ3v) is 18.8. The van der Waals surface area contributed by atoms with Crippen LogP contribution >= 0.6 is 0 Å². The highest BCUT2D eigenvalue weighted by molar-refractivity contribution is 5.98. The van der Waals surface area contributed by atoms with Crippen LogP contribution in [-0.2, 0) is 71.8 Å². The second kappa shape index (κ2) is 44.7. The lowest BCUT2D eigenvalue weighted by molar-refractivity contribution is -0.153. The van der Waals surface area contributed by atoms with Crippen LogP contribution in [0, 0.1) is 47.3 Å². The number of carbonyl (C=O) groups excluding carboxylic acids is 14. The zero-order valence-electron chi connectivity index (χ0n) is 65.8. The highest BCUT2D eigenvalue weighted by Gasteiger charge is 2.43. The van der Waals surface area contributed by atoms with E-state index in [2.05, 4.69) is 37.2 Å². The molecule has 0 bridgehead atoms. The Morgan fingerprint density at radius 3 is 1.32 bits per heavy atom. The molecule has 0 aromatic rings. The Kier molecular flexibility index (Phi) is 41.3. The van der Waals surface area contributed by atoms with Crippen molar-refractivity contribution < 1.29 is 81.7 Å². The van der Waals surface area contributed by atoms with Crippen LogP contribution in [0.2, 0.25) is 0 Å². The summed E-state index contributed by atoms with van der Waals surface area (Å²) in [6, 6.07) is -12.4. The lowest BCUT2D eigenvalue weighted by atomic mass is 9.93. The SMILES string of the molecule is CCC(C)[C@H](NC(=O)CCNC(=O)[C@H]([C@H](C)CC)N(C)C(=O)[C@@H](NC(=O)CCN(C)C(=O)[C@@H](NC(=O)[C@H](CC(C)C)N(C)C(=O)[C@@H](NC(=O)OC)C(C)C)C(C)O)C(C)C)C(=O)N(C)[C@H](C(=O)N(C)[C@@H](C)C(=O)N[C@@H](C)C(=O)N[C@@H](CC(C)C)C(=O)N(C)[C@@H](CC(C)C)C(=O)OC)[C@@H](C)CC. The van der Waals surface area contributed by atoms with E-state index < -0.39 is 185 Å². The van der Waals surface area contributed by atoms with E-state index in [4.69, 9.17) is 9.47 Å². The summed E-state index contributed by atoms with van der Waals surface area (Å²) < 4.78 is 9.68. The molecule has 2 unspecified atom stereocenters. The van der Waals surface area contributed by atoms with E-state index in [0.717, 1.165) is 12.0 Å². The van der Waals surface area contributed by atoms with E-state index >= 15 is 0 Å². The summed E-state index contributed by atoms with van der Waals surface area (Å²) in [4.78, 5) is 200. The van der Waals surface area contributed by atoms with Crippen molar-refractivity contribution in [1.82, 2.24) is 66.6 Å². The number of hydrogen-bond acceptors (Lipinski definition) is 17. The zero-order valence-corrected chi connectivity index (χ0v) is 65.8. The van der Waals surface area contributed by atoms with Crippen LogP contribution in [0.3, 0.4) is 0 Å². The van der Waals surface area contributed by atoms with Gasteiger partial charge in [-0.15, -0.1) is 0 Å². The zero-order chi connectivity index (χ0) is 78.5. The smallest absolute Gasteiger partial charge is 0.407 e. The average molecular weight is 1440 g/mol. The van der Waals surface area contributed by atoms with Crippen LogP contribution in [0.15, 0.2) is 0 Å². The summed E-state index contributed by atoms with van der Waals surface area (Å²) in [6.07, 6.45) is -0.851. The number of alkyl carbamates (subject to hydrolysis) is 1. The lowest BCUT2D eigenvalue weighted by Gasteiger charge is -2.38. The Bertz CT molecular complexity index is 2770. The molecule has 0 aliphatic carbocycles. The number of hydrogen-bond donors (Lipinski definition) is 8. The Morgan fingerprint density at radius 1 is 0.396 bits per heavy atom. The van der Waals surface area contributed by atoms with E-state index in [0.29, 0.717) is 25.7 Å². The van der Waals surface area contributed by atoms with Gasteiger partial charge in [0.15, 0.2) is 0 Å². The molecule has 0 saturated heterocycles. The third-order valence-electron chi connectivity index (χ3n) is 18.8. The van der Waals surface area contributed by atoms with Gasteiger partial charge in [0.1, 0.15) is 66.5 Å². The predicted molar refractivity (Wildman–Crippen MR) is 383 cm³/mol. The maximum Gasteiger partial charge on any atom is 0.407 e. The highest BCUT2D eigenvalue weighted by atomic mass is 16.5. The van der Waals surface area contributed by atoms with Gasteiger partial charge >= 0.3 is 12.1 Å². The molecule has 101 heavy (non-hydrogen) atoms. The molecule has 13 amide bonds. The molecule has 0 aromatic carbocycles. The topological polar surface area (TPSA) is 381 Å². The number of methoxy groups -OCH3 is 2. The largest absolute Gasteiger partial charge is 0.467 e. The minimum absolute atomic E-state index is 0.0401. The fourth-order valence-corrected chi connectivity index (χ4v) is 11.4. The van der Waals surface area contributed by atoms with Crippen molar-refractivity contribution in [2.24, 2.45) is 47.3 Å². The number of ether oxygens (including phenoxy) is 2. The highest BCUT2D eigenvalue weighted by Crippen LogP contribution is 2.24. The Balaban J connectivity index is 6.33. The van der Waals surface area contributed by atoms with E-state index in [1.54, 1.807) is 48.5 Å². The van der Waals surface area contributed by atoms with Crippen LogP contribution in [0.1, 0.15) is 183 Å². The second-order valence-electron chi connectivity index (χ2n) is 29.2. The van der Waals surface area contributed by atoms with Crippen LogP contribution in [0.25, 0.3) is 0 Å². The molecule has 30 heteroatoms. The molecule has 0 aliphatic heterocycles. The van der Waals surface area contributed by atoms with E-state index in [1.165, 1.54) is 94.7 Å². The van der Waals surface area contributed by atoms with Crippen LogP contribution < -0.4 is 37.2 Å². The first kappa shape index (κ1) is 93.3. The van der Waals surface area contributed by atoms with Crippen molar-refractivity contribution in [3.63, 3.8) is 0 Å². The number of esters is 1. The van der Waals surface area contributed by atoms with Gasteiger partial charge in [0.25, 0.3) is 0 Å². The number of nitrogens with zero attached hydrogens (tertiary/aromatic N) is 6. The average Bonchev–Trinajstić information content (AvgIpc) is 0.824. The summed E-state index contributed by atoms with van der Waals surface area (Å²) in [5.41, 5.74) is 0. The van der Waals surface area contributed by atoms with Crippen molar-refractivity contribution in [1.29, 1.82) is 0 Å². The molecule has 0 heterocycles. The van der Waals surface area contributed by atoms with Crippen molar-refractivity contribution in [2.45, 2.75) is 255 Å². The molecule has 580 valence electrons. The monoisotopic (exact) mass is 1440 g/mol. The quantitative estimate of drug-likeness (QED) is 0.0407. The van der Waals surface area contributed by atoms with Gasteiger partial charge in [0.05, 0.1) is 20.3 Å². The molecular formula is C71H129N13O17. The summed E-state index contributed by atoms with van der Waals surface area (Å²) in [6.45, 7) is 32.7. The first-order valence-corrected chi connectivity index (χ1v) is 35.7. The Morgan fingerprint density at radius 2 is 0.842 bits per heavy atom. The first-order chi connectivity index (χ1) is 46.8. The molecule has 0 spiro atoms. The van der Waals surface area contributed by atoms with Gasteiger partial charge in [0.2, 0.25) is 70.9 Å². The lowest BCUT2D eigenvalue weighted by Crippen LogP contribution is -2.60.